The van der Waals surface area contributed by atoms with Gasteiger partial charge in [-0.1, -0.05) is 11.6 Å². The van der Waals surface area contributed by atoms with Crippen LogP contribution in [0.1, 0.15) is 18.5 Å². The van der Waals surface area contributed by atoms with E-state index in [-0.39, 0.29) is 0 Å². The van der Waals surface area contributed by atoms with Gasteiger partial charge in [-0.25, -0.2) is 9.78 Å². The summed E-state index contributed by atoms with van der Waals surface area (Å²) in [5.41, 5.74) is 2.53. The van der Waals surface area contributed by atoms with Gasteiger partial charge in [0.05, 0.1) is 11.9 Å². The number of hydrogen-bond acceptors (Lipinski definition) is 6. The van der Waals surface area contributed by atoms with Gasteiger partial charge < -0.3 is 15.7 Å². The highest BCUT2D eigenvalue weighted by Crippen LogP contribution is 2.30. The Bertz CT molecular complexity index is 1080. The van der Waals surface area contributed by atoms with E-state index in [4.69, 9.17) is 16.7 Å². The molecule has 4 rings (SSSR count). The van der Waals surface area contributed by atoms with E-state index in [2.05, 4.69) is 32.1 Å². The Hall–Kier alpha value is -3.51. The maximum Gasteiger partial charge on any atom is 0.409 e. The lowest BCUT2D eigenvalue weighted by Gasteiger charge is -2.12. The number of anilines is 4. The standard InChI is InChI=1S/C17H14ClN7O2/c18-9-3-11(5-12(4-9)23-17(26)27)22-15-6-14(21-10-1-2-10)16-20-8-13(7-19)25(16)24-15/h3-6,8,10,21,23H,1-2H2,(H,22,24)(H,26,27). The van der Waals surface area contributed by atoms with Gasteiger partial charge >= 0.3 is 6.09 Å². The van der Waals surface area contributed by atoms with E-state index in [0.29, 0.717) is 39.6 Å². The average Bonchev–Trinajstić information content (AvgIpc) is 3.30. The van der Waals surface area contributed by atoms with Gasteiger partial charge in [-0.2, -0.15) is 9.78 Å². The summed E-state index contributed by atoms with van der Waals surface area (Å²) in [4.78, 5) is 15.1. The summed E-state index contributed by atoms with van der Waals surface area (Å²) < 4.78 is 1.47. The molecule has 136 valence electrons. The summed E-state index contributed by atoms with van der Waals surface area (Å²) in [6.45, 7) is 0. The van der Waals surface area contributed by atoms with Crippen molar-refractivity contribution >= 4 is 46.2 Å². The zero-order valence-electron chi connectivity index (χ0n) is 13.9. The van der Waals surface area contributed by atoms with E-state index in [0.717, 1.165) is 18.5 Å². The predicted octanol–water partition coefficient (Wildman–Crippen LogP) is 3.66. The first-order valence-corrected chi connectivity index (χ1v) is 8.52. The van der Waals surface area contributed by atoms with Crippen LogP contribution in [0.5, 0.6) is 0 Å². The Morgan fingerprint density at radius 2 is 2.07 bits per heavy atom. The molecule has 0 aliphatic heterocycles. The minimum Gasteiger partial charge on any atom is -0.465 e. The number of benzene rings is 1. The molecule has 9 nitrogen and oxygen atoms in total. The molecule has 0 atom stereocenters. The van der Waals surface area contributed by atoms with Crippen LogP contribution in [0.2, 0.25) is 5.02 Å². The average molecular weight is 384 g/mol. The molecule has 1 aromatic carbocycles. The van der Waals surface area contributed by atoms with Crippen molar-refractivity contribution in [2.24, 2.45) is 0 Å². The third kappa shape index (κ3) is 3.70. The molecule has 2 heterocycles. The normalized spacial score (nSPS) is 13.2. The molecule has 4 N–H and O–H groups in total. The van der Waals surface area contributed by atoms with Crippen LogP contribution in [0.15, 0.2) is 30.5 Å². The van der Waals surface area contributed by atoms with Gasteiger partial charge in [0.25, 0.3) is 0 Å². The first-order valence-electron chi connectivity index (χ1n) is 8.15. The lowest BCUT2D eigenvalue weighted by molar-refractivity contribution is 0.210. The van der Waals surface area contributed by atoms with Gasteiger partial charge in [-0.15, -0.1) is 5.10 Å². The number of nitrogens with one attached hydrogen (secondary N) is 3. The monoisotopic (exact) mass is 383 g/mol. The molecule has 0 unspecified atom stereocenters. The molecule has 0 spiro atoms. The van der Waals surface area contributed by atoms with E-state index < -0.39 is 6.09 Å². The molecule has 10 heteroatoms. The number of rotatable bonds is 5. The summed E-state index contributed by atoms with van der Waals surface area (Å²) in [5, 5.41) is 31.7. The summed E-state index contributed by atoms with van der Waals surface area (Å²) in [6.07, 6.45) is 2.46. The van der Waals surface area contributed by atoms with Crippen LogP contribution in [0, 0.1) is 11.3 Å². The zero-order chi connectivity index (χ0) is 19.0. The van der Waals surface area contributed by atoms with Crippen LogP contribution in [0.4, 0.5) is 27.7 Å². The Labute approximate surface area is 158 Å². The van der Waals surface area contributed by atoms with Crippen molar-refractivity contribution in [2.75, 3.05) is 16.0 Å². The number of hydrogen-bond donors (Lipinski definition) is 4. The Morgan fingerprint density at radius 1 is 1.30 bits per heavy atom. The highest BCUT2D eigenvalue weighted by molar-refractivity contribution is 6.31. The van der Waals surface area contributed by atoms with Crippen molar-refractivity contribution in [2.45, 2.75) is 18.9 Å². The number of nitriles is 1. The smallest absolute Gasteiger partial charge is 0.409 e. The molecule has 1 amide bonds. The van der Waals surface area contributed by atoms with E-state index >= 15 is 0 Å². The topological polar surface area (TPSA) is 127 Å². The van der Waals surface area contributed by atoms with Crippen molar-refractivity contribution in [3.05, 3.63) is 41.2 Å². The molecule has 1 aliphatic rings. The van der Waals surface area contributed by atoms with Crippen molar-refractivity contribution < 1.29 is 9.90 Å². The Morgan fingerprint density at radius 3 is 2.78 bits per heavy atom. The predicted molar refractivity (Wildman–Crippen MR) is 101 cm³/mol. The number of amides is 1. The lowest BCUT2D eigenvalue weighted by Crippen LogP contribution is -2.09. The molecule has 1 aliphatic carbocycles. The largest absolute Gasteiger partial charge is 0.465 e. The fraction of sp³-hybridized carbons (Fsp3) is 0.176. The SMILES string of the molecule is N#Cc1cnc2c(NC3CC3)cc(Nc3cc(Cl)cc(NC(=O)O)c3)nn12. The molecule has 3 aromatic rings. The van der Waals surface area contributed by atoms with E-state index in [1.165, 1.54) is 16.8 Å². The van der Waals surface area contributed by atoms with Crippen LogP contribution in [0.3, 0.4) is 0 Å². The molecule has 0 bridgehead atoms. The summed E-state index contributed by atoms with van der Waals surface area (Å²) in [5.74, 6) is 0.462. The molecule has 1 saturated carbocycles. The molecule has 0 radical (unpaired) electrons. The highest BCUT2D eigenvalue weighted by atomic mass is 35.5. The van der Waals surface area contributed by atoms with E-state index in [1.54, 1.807) is 18.2 Å². The van der Waals surface area contributed by atoms with E-state index in [9.17, 15) is 10.1 Å². The number of carboxylic acid groups (broad SMARTS) is 1. The van der Waals surface area contributed by atoms with Crippen molar-refractivity contribution in [3.63, 3.8) is 0 Å². The van der Waals surface area contributed by atoms with Gasteiger partial charge in [0.15, 0.2) is 17.2 Å². The second-order valence-electron chi connectivity index (χ2n) is 6.14. The fourth-order valence-corrected chi connectivity index (χ4v) is 2.90. The van der Waals surface area contributed by atoms with Gasteiger partial charge in [0.1, 0.15) is 6.07 Å². The number of carbonyl (C=O) groups is 1. The first kappa shape index (κ1) is 16.9. The maximum absolute atomic E-state index is 10.9. The molecular formula is C17H14ClN7O2. The number of nitrogens with zero attached hydrogens (tertiary/aromatic N) is 4. The molecule has 27 heavy (non-hydrogen) atoms. The van der Waals surface area contributed by atoms with Crippen LogP contribution < -0.4 is 16.0 Å². The fourth-order valence-electron chi connectivity index (χ4n) is 2.66. The van der Waals surface area contributed by atoms with E-state index in [1.807, 2.05) is 0 Å². The third-order valence-electron chi connectivity index (χ3n) is 3.94. The number of fused-ring (bicyclic) bond motifs is 1. The van der Waals surface area contributed by atoms with Crippen LogP contribution in [0.25, 0.3) is 5.65 Å². The van der Waals surface area contributed by atoms with Gasteiger partial charge in [0.2, 0.25) is 0 Å². The zero-order valence-corrected chi connectivity index (χ0v) is 14.7. The molecular weight excluding hydrogens is 370 g/mol. The van der Waals surface area contributed by atoms with Crippen LogP contribution >= 0.6 is 11.6 Å². The minimum atomic E-state index is -1.18. The quantitative estimate of drug-likeness (QED) is 0.529. The Balaban J connectivity index is 1.72. The van der Waals surface area contributed by atoms with Crippen LogP contribution in [-0.2, 0) is 0 Å². The van der Waals surface area contributed by atoms with Gasteiger partial charge in [-0.05, 0) is 31.0 Å². The van der Waals surface area contributed by atoms with Crippen molar-refractivity contribution in [3.8, 4) is 6.07 Å². The minimum absolute atomic E-state index is 0.312. The second kappa shape index (κ2) is 6.66. The Kier molecular flexibility index (Phi) is 4.18. The second-order valence-corrected chi connectivity index (χ2v) is 6.57. The summed E-state index contributed by atoms with van der Waals surface area (Å²) >= 11 is 6.07. The summed E-state index contributed by atoms with van der Waals surface area (Å²) in [7, 11) is 0. The number of halogens is 1. The molecule has 2 aromatic heterocycles. The highest BCUT2D eigenvalue weighted by Gasteiger charge is 2.23. The van der Waals surface area contributed by atoms with Crippen LogP contribution in [-0.4, -0.2) is 31.8 Å². The number of aromatic nitrogens is 3. The van der Waals surface area contributed by atoms with Gasteiger partial charge in [-0.3, -0.25) is 5.32 Å². The molecule has 0 saturated heterocycles. The van der Waals surface area contributed by atoms with Crippen molar-refractivity contribution in [1.29, 1.82) is 5.26 Å². The first-order chi connectivity index (χ1) is 13.0. The van der Waals surface area contributed by atoms with Crippen molar-refractivity contribution in [1.82, 2.24) is 14.6 Å². The summed E-state index contributed by atoms with van der Waals surface area (Å²) in [6, 6.07) is 9.00. The third-order valence-corrected chi connectivity index (χ3v) is 4.16. The van der Waals surface area contributed by atoms with Gasteiger partial charge in [0, 0.05) is 28.5 Å². The number of imidazole rings is 1. The maximum atomic E-state index is 10.9. The lowest BCUT2D eigenvalue weighted by atomic mass is 10.2. The molecule has 1 fully saturated rings.